The van der Waals surface area contributed by atoms with Crippen molar-refractivity contribution < 1.29 is 9.53 Å². The van der Waals surface area contributed by atoms with Gasteiger partial charge in [0.1, 0.15) is 10.6 Å². The van der Waals surface area contributed by atoms with E-state index in [2.05, 4.69) is 28.1 Å². The minimum Gasteiger partial charge on any atom is -0.444 e. The average Bonchev–Trinajstić information content (AvgIpc) is 2.45. The quantitative estimate of drug-likeness (QED) is 0.783. The van der Waals surface area contributed by atoms with Crippen molar-refractivity contribution in [3.8, 4) is 0 Å². The van der Waals surface area contributed by atoms with Gasteiger partial charge in [-0.2, -0.15) is 0 Å². The predicted molar refractivity (Wildman–Crippen MR) is 60.2 cm³/mol. The molecule has 0 aliphatic rings. The molecule has 15 heavy (non-hydrogen) atoms. The molecule has 1 heterocycles. The molecule has 84 valence electrons. The molecule has 0 saturated carbocycles. The van der Waals surface area contributed by atoms with Gasteiger partial charge >= 0.3 is 6.09 Å². The lowest BCUT2D eigenvalue weighted by Gasteiger charge is -2.19. The second-order valence-corrected chi connectivity index (χ2v) is 5.62. The molecule has 0 fully saturated rings. The molecule has 0 spiro atoms. The lowest BCUT2D eigenvalue weighted by molar-refractivity contribution is 0.0523. The molecular weight excluding hydrogens is 234 g/mol. The SMILES string of the molecule is CC(C)(C)OC(=O)NCc1nnc(S)s1. The Bertz CT molecular complexity index is 346. The number of rotatable bonds is 2. The maximum absolute atomic E-state index is 11.2. The van der Waals surface area contributed by atoms with Gasteiger partial charge in [0.15, 0.2) is 4.34 Å². The van der Waals surface area contributed by atoms with E-state index < -0.39 is 11.7 Å². The second-order valence-electron chi connectivity index (χ2n) is 3.83. The molecule has 7 heteroatoms. The summed E-state index contributed by atoms with van der Waals surface area (Å²) in [5, 5.41) is 10.8. The van der Waals surface area contributed by atoms with Crippen LogP contribution in [0.3, 0.4) is 0 Å². The van der Waals surface area contributed by atoms with Gasteiger partial charge in [-0.1, -0.05) is 11.3 Å². The summed E-state index contributed by atoms with van der Waals surface area (Å²) >= 11 is 5.34. The fourth-order valence-corrected chi connectivity index (χ4v) is 1.66. The number of amides is 1. The van der Waals surface area contributed by atoms with Gasteiger partial charge in [0.05, 0.1) is 6.54 Å². The van der Waals surface area contributed by atoms with Crippen molar-refractivity contribution in [3.63, 3.8) is 0 Å². The molecule has 0 aromatic carbocycles. The summed E-state index contributed by atoms with van der Waals surface area (Å²) < 4.78 is 5.63. The van der Waals surface area contributed by atoms with Gasteiger partial charge in [-0.05, 0) is 20.8 Å². The van der Waals surface area contributed by atoms with Gasteiger partial charge in [-0.15, -0.1) is 22.8 Å². The molecule has 1 aromatic rings. The van der Waals surface area contributed by atoms with Crippen LogP contribution < -0.4 is 5.32 Å². The van der Waals surface area contributed by atoms with E-state index in [0.717, 1.165) is 0 Å². The molecule has 5 nitrogen and oxygen atoms in total. The largest absolute Gasteiger partial charge is 0.444 e. The number of thiol groups is 1. The molecule has 0 aliphatic carbocycles. The predicted octanol–water partition coefficient (Wildman–Crippen LogP) is 1.85. The average molecular weight is 247 g/mol. The zero-order chi connectivity index (χ0) is 11.5. The molecule has 0 saturated heterocycles. The highest BCUT2D eigenvalue weighted by Gasteiger charge is 2.16. The monoisotopic (exact) mass is 247 g/mol. The van der Waals surface area contributed by atoms with E-state index in [4.69, 9.17) is 4.74 Å². The van der Waals surface area contributed by atoms with Crippen molar-refractivity contribution in [1.82, 2.24) is 15.5 Å². The molecule has 0 unspecified atom stereocenters. The van der Waals surface area contributed by atoms with Gasteiger partial charge < -0.3 is 10.1 Å². The Hall–Kier alpha value is -0.820. The Balaban J connectivity index is 2.35. The summed E-state index contributed by atoms with van der Waals surface area (Å²) in [4.78, 5) is 11.2. The summed E-state index contributed by atoms with van der Waals surface area (Å²) in [6.07, 6.45) is -0.460. The number of alkyl carbamates (subject to hydrolysis) is 1. The summed E-state index contributed by atoms with van der Waals surface area (Å²) in [7, 11) is 0. The normalized spacial score (nSPS) is 11.2. The zero-order valence-electron chi connectivity index (χ0n) is 8.77. The summed E-state index contributed by atoms with van der Waals surface area (Å²) in [5.74, 6) is 0. The van der Waals surface area contributed by atoms with Crippen molar-refractivity contribution in [2.75, 3.05) is 0 Å². The van der Waals surface area contributed by atoms with E-state index >= 15 is 0 Å². The first-order valence-electron chi connectivity index (χ1n) is 4.35. The van der Waals surface area contributed by atoms with Gasteiger partial charge in [0.2, 0.25) is 0 Å². The second kappa shape index (κ2) is 4.80. The molecule has 1 aromatic heterocycles. The Morgan fingerprint density at radius 3 is 2.67 bits per heavy atom. The number of aromatic nitrogens is 2. The number of carbonyl (C=O) groups excluding carboxylic acids is 1. The lowest BCUT2D eigenvalue weighted by Crippen LogP contribution is -2.32. The smallest absolute Gasteiger partial charge is 0.408 e. The van der Waals surface area contributed by atoms with E-state index in [-0.39, 0.29) is 0 Å². The third kappa shape index (κ3) is 4.98. The first kappa shape index (κ1) is 12.3. The molecule has 1 rings (SSSR count). The van der Waals surface area contributed by atoms with Gasteiger partial charge in [0.25, 0.3) is 0 Å². The van der Waals surface area contributed by atoms with Crippen LogP contribution in [0, 0.1) is 0 Å². The van der Waals surface area contributed by atoms with Crippen LogP contribution in [-0.4, -0.2) is 21.9 Å². The fourth-order valence-electron chi connectivity index (χ4n) is 0.778. The van der Waals surface area contributed by atoms with Gasteiger partial charge in [-0.25, -0.2) is 4.79 Å². The number of nitrogens with one attached hydrogen (secondary N) is 1. The van der Waals surface area contributed by atoms with Crippen LogP contribution in [-0.2, 0) is 11.3 Å². The molecule has 0 aliphatic heterocycles. The lowest BCUT2D eigenvalue weighted by atomic mass is 10.2. The first-order chi connectivity index (χ1) is 6.87. The first-order valence-corrected chi connectivity index (χ1v) is 5.61. The maximum atomic E-state index is 11.2. The van der Waals surface area contributed by atoms with Crippen molar-refractivity contribution in [3.05, 3.63) is 5.01 Å². The Morgan fingerprint density at radius 1 is 1.53 bits per heavy atom. The molecule has 0 bridgehead atoms. The van der Waals surface area contributed by atoms with Crippen LogP contribution in [0.1, 0.15) is 25.8 Å². The van der Waals surface area contributed by atoms with Crippen LogP contribution in [0.25, 0.3) is 0 Å². The van der Waals surface area contributed by atoms with Crippen LogP contribution in [0.15, 0.2) is 4.34 Å². The van der Waals surface area contributed by atoms with Crippen LogP contribution in [0.4, 0.5) is 4.79 Å². The number of nitrogens with zero attached hydrogens (tertiary/aromatic N) is 2. The molecule has 1 N–H and O–H groups in total. The third-order valence-electron chi connectivity index (χ3n) is 1.24. The Morgan fingerprint density at radius 2 is 2.20 bits per heavy atom. The Kier molecular flexibility index (Phi) is 3.92. The minimum atomic E-state index is -0.486. The van der Waals surface area contributed by atoms with E-state index in [1.54, 1.807) is 0 Å². The van der Waals surface area contributed by atoms with E-state index in [0.29, 0.717) is 15.9 Å². The number of ether oxygens (including phenoxy) is 1. The number of hydrogen-bond donors (Lipinski definition) is 2. The van der Waals surface area contributed by atoms with E-state index in [9.17, 15) is 4.79 Å². The molecule has 0 atom stereocenters. The van der Waals surface area contributed by atoms with Crippen molar-refractivity contribution in [2.24, 2.45) is 0 Å². The molecule has 0 radical (unpaired) electrons. The van der Waals surface area contributed by atoms with Crippen LogP contribution in [0.5, 0.6) is 0 Å². The third-order valence-corrected chi connectivity index (χ3v) is 2.33. The molecule has 1 amide bonds. The van der Waals surface area contributed by atoms with Crippen molar-refractivity contribution >= 4 is 30.1 Å². The summed E-state index contributed by atoms with van der Waals surface area (Å²) in [6, 6.07) is 0. The van der Waals surface area contributed by atoms with Crippen LogP contribution in [0.2, 0.25) is 0 Å². The standard InChI is InChI=1S/C8H13N3O2S2/c1-8(2,3)13-6(12)9-4-5-10-11-7(14)15-5/h4H2,1-3H3,(H,9,12)(H,11,14). The van der Waals surface area contributed by atoms with Gasteiger partial charge in [-0.3, -0.25) is 0 Å². The Labute approximate surface area is 97.6 Å². The number of hydrogen-bond acceptors (Lipinski definition) is 6. The summed E-state index contributed by atoms with van der Waals surface area (Å²) in [5.41, 5.74) is -0.486. The van der Waals surface area contributed by atoms with E-state index in [1.165, 1.54) is 11.3 Å². The zero-order valence-corrected chi connectivity index (χ0v) is 10.5. The molecular formula is C8H13N3O2S2. The van der Waals surface area contributed by atoms with Crippen LogP contribution >= 0.6 is 24.0 Å². The van der Waals surface area contributed by atoms with Gasteiger partial charge in [0, 0.05) is 0 Å². The van der Waals surface area contributed by atoms with E-state index in [1.807, 2.05) is 20.8 Å². The maximum Gasteiger partial charge on any atom is 0.408 e. The number of carbonyl (C=O) groups is 1. The minimum absolute atomic E-state index is 0.313. The fraction of sp³-hybridized carbons (Fsp3) is 0.625. The van der Waals surface area contributed by atoms with Crippen molar-refractivity contribution in [2.45, 2.75) is 37.3 Å². The highest BCUT2D eigenvalue weighted by atomic mass is 32.2. The highest BCUT2D eigenvalue weighted by molar-refractivity contribution is 7.82. The summed E-state index contributed by atoms with van der Waals surface area (Å²) in [6.45, 7) is 5.74. The topological polar surface area (TPSA) is 64.1 Å². The van der Waals surface area contributed by atoms with Crippen molar-refractivity contribution in [1.29, 1.82) is 0 Å². The highest BCUT2D eigenvalue weighted by Crippen LogP contribution is 2.12.